The van der Waals surface area contributed by atoms with Gasteiger partial charge in [0.2, 0.25) is 0 Å². The summed E-state index contributed by atoms with van der Waals surface area (Å²) in [5, 5.41) is 20.2. The lowest BCUT2D eigenvalue weighted by atomic mass is 9.66. The summed E-state index contributed by atoms with van der Waals surface area (Å²) in [7, 11) is 0. The van der Waals surface area contributed by atoms with Crippen molar-refractivity contribution in [1.29, 1.82) is 0 Å². The monoisotopic (exact) mass is 584 g/mol. The van der Waals surface area contributed by atoms with Gasteiger partial charge in [0.15, 0.2) is 5.78 Å². The zero-order valence-electron chi connectivity index (χ0n) is 28.4. The molecule has 234 valence electrons. The first-order chi connectivity index (χ1) is 20.0. The molecule has 1 saturated carbocycles. The molecule has 1 fully saturated rings. The predicted octanol–water partition coefficient (Wildman–Crippen LogP) is 9.81. The highest BCUT2D eigenvalue weighted by atomic mass is 16.3. The van der Waals surface area contributed by atoms with E-state index in [1.807, 2.05) is 50.3 Å². The van der Waals surface area contributed by atoms with Crippen LogP contribution in [0.25, 0.3) is 0 Å². The van der Waals surface area contributed by atoms with Crippen LogP contribution in [0.15, 0.2) is 119 Å². The molecule has 0 amide bonds. The van der Waals surface area contributed by atoms with Gasteiger partial charge in [-0.25, -0.2) is 0 Å². The van der Waals surface area contributed by atoms with Crippen molar-refractivity contribution in [2.24, 2.45) is 16.2 Å². The summed E-state index contributed by atoms with van der Waals surface area (Å²) in [5.41, 5.74) is 6.34. The molecule has 3 nitrogen and oxygen atoms in total. The minimum atomic E-state index is -0.532. The Labute approximate surface area is 262 Å². The average molecular weight is 585 g/mol. The minimum absolute atomic E-state index is 0.00528. The van der Waals surface area contributed by atoms with Crippen LogP contribution in [0.2, 0.25) is 0 Å². The first kappa shape index (κ1) is 36.2. The van der Waals surface area contributed by atoms with E-state index >= 15 is 0 Å². The molecule has 2 aliphatic carbocycles. The van der Waals surface area contributed by atoms with E-state index in [0.717, 1.165) is 29.6 Å². The highest BCUT2D eigenvalue weighted by Crippen LogP contribution is 2.53. The molecular weight excluding hydrogens is 528 g/mol. The number of allylic oxidation sites excluding steroid dienone is 19. The van der Waals surface area contributed by atoms with Gasteiger partial charge in [-0.3, -0.25) is 4.79 Å². The van der Waals surface area contributed by atoms with E-state index in [4.69, 9.17) is 0 Å². The third-order valence-electron chi connectivity index (χ3n) is 9.18. The molecular formula is C40H56O3. The number of hydrogen-bond donors (Lipinski definition) is 2. The summed E-state index contributed by atoms with van der Waals surface area (Å²) in [5.74, 6) is 0.0853. The number of ketones is 1. The molecule has 0 unspecified atom stereocenters. The van der Waals surface area contributed by atoms with Gasteiger partial charge in [0.25, 0.3) is 0 Å². The number of rotatable bonds is 11. The Morgan fingerprint density at radius 1 is 0.651 bits per heavy atom. The van der Waals surface area contributed by atoms with Crippen LogP contribution in [0.4, 0.5) is 0 Å². The van der Waals surface area contributed by atoms with E-state index in [-0.39, 0.29) is 22.7 Å². The largest absolute Gasteiger partial charge is 0.393 e. The maximum atomic E-state index is 12.9. The number of carbonyl (C=O) groups excluding carboxylic acids is 1. The standard InChI is InChI=1S/C40H56O3/c1-29(17-13-19-31(3)21-23-36-33(5)25-34(41)26-38(36,6)7)15-11-12-16-30(2)18-14-20-32(4)22-24-37(43)40(10)28-35(42)27-39(40,8)9/h11-24,34-35,41-42H,25-28H2,1-10H3/b12-11+,17-13+,18-14+,23-21+,24-22+,29-15+,30-16+,31-19+,32-20-/t34-,35+,40+/m1/s1. The lowest BCUT2D eigenvalue weighted by Gasteiger charge is -2.35. The normalized spacial score (nSPS) is 27.7. The van der Waals surface area contributed by atoms with Gasteiger partial charge in [-0.05, 0) is 82.8 Å². The molecule has 0 radical (unpaired) electrons. The zero-order valence-corrected chi connectivity index (χ0v) is 28.4. The highest BCUT2D eigenvalue weighted by molar-refractivity contribution is 5.95. The molecule has 0 saturated heterocycles. The lowest BCUT2D eigenvalue weighted by molar-refractivity contribution is -0.127. The van der Waals surface area contributed by atoms with Crippen LogP contribution in [-0.2, 0) is 4.79 Å². The van der Waals surface area contributed by atoms with Gasteiger partial charge in [-0.15, -0.1) is 0 Å². The minimum Gasteiger partial charge on any atom is -0.393 e. The van der Waals surface area contributed by atoms with Crippen molar-refractivity contribution in [3.05, 3.63) is 119 Å². The molecule has 0 aromatic carbocycles. The molecule has 2 aliphatic rings. The van der Waals surface area contributed by atoms with Crippen molar-refractivity contribution < 1.29 is 15.0 Å². The van der Waals surface area contributed by atoms with E-state index < -0.39 is 11.5 Å². The molecule has 0 aromatic heterocycles. The molecule has 2 N–H and O–H groups in total. The Morgan fingerprint density at radius 2 is 1.14 bits per heavy atom. The molecule has 0 heterocycles. The maximum Gasteiger partial charge on any atom is 0.162 e. The van der Waals surface area contributed by atoms with Crippen molar-refractivity contribution in [2.75, 3.05) is 0 Å². The van der Waals surface area contributed by atoms with Crippen LogP contribution in [0.3, 0.4) is 0 Å². The SMILES string of the molecule is CC1=C(/C=C/C(C)=C/C=C/C(C)=C/C=C/C=C(C)/C=C/C=C(C)\C=C\C(=O)[C@]2(C)C[C@@H](O)CC2(C)C)C(C)(C)C[C@H](O)C1. The summed E-state index contributed by atoms with van der Waals surface area (Å²) in [6.07, 6.45) is 30.6. The van der Waals surface area contributed by atoms with Gasteiger partial charge in [-0.2, -0.15) is 0 Å². The smallest absolute Gasteiger partial charge is 0.162 e. The van der Waals surface area contributed by atoms with Crippen molar-refractivity contribution in [1.82, 2.24) is 0 Å². The number of hydrogen-bond acceptors (Lipinski definition) is 3. The molecule has 43 heavy (non-hydrogen) atoms. The molecule has 3 heteroatoms. The quantitative estimate of drug-likeness (QED) is 0.188. The number of aliphatic hydroxyl groups is 2. The Morgan fingerprint density at radius 3 is 1.63 bits per heavy atom. The molecule has 2 rings (SSSR count). The summed E-state index contributed by atoms with van der Waals surface area (Å²) in [4.78, 5) is 12.9. The maximum absolute atomic E-state index is 12.9. The van der Waals surface area contributed by atoms with Gasteiger partial charge >= 0.3 is 0 Å². The van der Waals surface area contributed by atoms with Crippen LogP contribution in [0, 0.1) is 16.2 Å². The Balaban J connectivity index is 1.89. The Hall–Kier alpha value is -3.01. The molecule has 3 atom stereocenters. The highest BCUT2D eigenvalue weighted by Gasteiger charge is 2.52. The van der Waals surface area contributed by atoms with Crippen LogP contribution < -0.4 is 0 Å². The van der Waals surface area contributed by atoms with E-state index in [1.165, 1.54) is 16.7 Å². The Kier molecular flexibility index (Phi) is 13.2. The number of carbonyl (C=O) groups is 1. The fraction of sp³-hybridized carbons (Fsp3) is 0.475. The zero-order chi connectivity index (χ0) is 32.4. The Bertz CT molecular complexity index is 1310. The van der Waals surface area contributed by atoms with Crippen molar-refractivity contribution in [3.8, 4) is 0 Å². The second-order valence-corrected chi connectivity index (χ2v) is 14.2. The first-order valence-corrected chi connectivity index (χ1v) is 15.7. The van der Waals surface area contributed by atoms with E-state index in [9.17, 15) is 15.0 Å². The van der Waals surface area contributed by atoms with Crippen molar-refractivity contribution >= 4 is 5.78 Å². The fourth-order valence-electron chi connectivity index (χ4n) is 6.19. The van der Waals surface area contributed by atoms with E-state index in [0.29, 0.717) is 12.8 Å². The van der Waals surface area contributed by atoms with Gasteiger partial charge < -0.3 is 10.2 Å². The third-order valence-corrected chi connectivity index (χ3v) is 9.18. The summed E-state index contributed by atoms with van der Waals surface area (Å²) in [6.45, 7) is 20.9. The molecule has 0 aliphatic heterocycles. The van der Waals surface area contributed by atoms with Gasteiger partial charge in [-0.1, -0.05) is 141 Å². The summed E-state index contributed by atoms with van der Waals surface area (Å²) in [6, 6.07) is 0. The lowest BCUT2D eigenvalue weighted by Crippen LogP contribution is -2.36. The van der Waals surface area contributed by atoms with Gasteiger partial charge in [0.1, 0.15) is 0 Å². The van der Waals surface area contributed by atoms with Crippen LogP contribution in [0.5, 0.6) is 0 Å². The van der Waals surface area contributed by atoms with Crippen molar-refractivity contribution in [3.63, 3.8) is 0 Å². The average Bonchev–Trinajstić information content (AvgIpc) is 3.10. The molecule has 0 aromatic rings. The summed E-state index contributed by atoms with van der Waals surface area (Å²) < 4.78 is 0. The van der Waals surface area contributed by atoms with Crippen LogP contribution in [-0.4, -0.2) is 28.2 Å². The van der Waals surface area contributed by atoms with Crippen molar-refractivity contribution in [2.45, 2.75) is 107 Å². The second-order valence-electron chi connectivity index (χ2n) is 14.2. The number of aliphatic hydroxyl groups excluding tert-OH is 2. The summed E-state index contributed by atoms with van der Waals surface area (Å²) >= 11 is 0. The third kappa shape index (κ3) is 10.9. The molecule has 0 spiro atoms. The van der Waals surface area contributed by atoms with E-state index in [1.54, 1.807) is 6.08 Å². The van der Waals surface area contributed by atoms with Gasteiger partial charge in [0.05, 0.1) is 12.2 Å². The second kappa shape index (κ2) is 15.6. The van der Waals surface area contributed by atoms with Gasteiger partial charge in [0, 0.05) is 5.41 Å². The molecule has 0 bridgehead atoms. The fourth-order valence-corrected chi connectivity index (χ4v) is 6.19. The van der Waals surface area contributed by atoms with Crippen LogP contribution in [0.1, 0.15) is 94.9 Å². The topological polar surface area (TPSA) is 57.5 Å². The predicted molar refractivity (Wildman–Crippen MR) is 185 cm³/mol. The van der Waals surface area contributed by atoms with E-state index in [2.05, 4.69) is 97.9 Å². The first-order valence-electron chi connectivity index (χ1n) is 15.7. The van der Waals surface area contributed by atoms with Crippen LogP contribution >= 0.6 is 0 Å².